The number of hydrogen-bond donors (Lipinski definition) is 1. The second-order valence-corrected chi connectivity index (χ2v) is 7.58. The molecule has 0 saturated carbocycles. The Labute approximate surface area is 150 Å². The second kappa shape index (κ2) is 7.34. The number of fused-ring (bicyclic) bond motifs is 1. The zero-order valence-corrected chi connectivity index (χ0v) is 15.1. The lowest BCUT2D eigenvalue weighted by Crippen LogP contribution is -2.56. The van der Waals surface area contributed by atoms with Gasteiger partial charge in [-0.25, -0.2) is 0 Å². The van der Waals surface area contributed by atoms with E-state index >= 15 is 0 Å². The van der Waals surface area contributed by atoms with E-state index in [1.54, 1.807) is 7.11 Å². The number of methoxy groups -OCH3 is 1. The highest BCUT2D eigenvalue weighted by Gasteiger charge is 2.36. The van der Waals surface area contributed by atoms with Crippen molar-refractivity contribution >= 4 is 11.6 Å². The summed E-state index contributed by atoms with van der Waals surface area (Å²) in [6.45, 7) is 3.22. The highest BCUT2D eigenvalue weighted by atomic mass is 16.5. The highest BCUT2D eigenvalue weighted by Crippen LogP contribution is 2.31. The van der Waals surface area contributed by atoms with E-state index in [4.69, 9.17) is 4.74 Å². The zero-order valence-electron chi connectivity index (χ0n) is 15.1. The van der Waals surface area contributed by atoms with E-state index in [0.29, 0.717) is 6.04 Å². The van der Waals surface area contributed by atoms with Crippen molar-refractivity contribution in [2.24, 2.45) is 0 Å². The molecule has 4 rings (SSSR count). The maximum Gasteiger partial charge on any atom is 0.244 e. The van der Waals surface area contributed by atoms with Gasteiger partial charge in [0.05, 0.1) is 18.8 Å². The van der Waals surface area contributed by atoms with Crippen molar-refractivity contribution in [2.45, 2.75) is 56.7 Å². The van der Waals surface area contributed by atoms with Gasteiger partial charge in [-0.15, -0.1) is 0 Å². The summed E-state index contributed by atoms with van der Waals surface area (Å²) in [6.07, 6.45) is 6.98. The first-order valence-electron chi connectivity index (χ1n) is 9.71. The number of nitrogens with one attached hydrogen (secondary N) is 1. The molecular formula is C20H29N3O2. The minimum Gasteiger partial charge on any atom is -0.495 e. The lowest BCUT2D eigenvalue weighted by molar-refractivity contribution is -0.122. The van der Waals surface area contributed by atoms with Crippen molar-refractivity contribution in [3.63, 3.8) is 0 Å². The summed E-state index contributed by atoms with van der Waals surface area (Å²) in [5.41, 5.74) is 0.895. The Bertz CT molecular complexity index is 621. The maximum absolute atomic E-state index is 13.1. The van der Waals surface area contributed by atoms with E-state index in [9.17, 15) is 4.79 Å². The molecule has 3 aliphatic heterocycles. The average molecular weight is 343 g/mol. The molecule has 1 N–H and O–H groups in total. The molecule has 0 bridgehead atoms. The molecule has 1 aromatic carbocycles. The monoisotopic (exact) mass is 343 g/mol. The summed E-state index contributed by atoms with van der Waals surface area (Å²) >= 11 is 0. The van der Waals surface area contributed by atoms with Crippen LogP contribution in [-0.2, 0) is 4.79 Å². The SMILES string of the molecule is COc1ccccc1N1CCC[C@H](N[C@H]2CCN3CCC[C@@H]3C2)C1=O. The summed E-state index contributed by atoms with van der Waals surface area (Å²) in [7, 11) is 1.67. The van der Waals surface area contributed by atoms with Gasteiger partial charge >= 0.3 is 0 Å². The van der Waals surface area contributed by atoms with Crippen LogP contribution in [0.15, 0.2) is 24.3 Å². The highest BCUT2D eigenvalue weighted by molar-refractivity contribution is 5.99. The molecule has 3 saturated heterocycles. The molecule has 0 radical (unpaired) electrons. The van der Waals surface area contributed by atoms with Crippen LogP contribution in [0.1, 0.15) is 38.5 Å². The fourth-order valence-electron chi connectivity index (χ4n) is 4.78. The average Bonchev–Trinajstić information content (AvgIpc) is 3.11. The van der Waals surface area contributed by atoms with Gasteiger partial charge in [0, 0.05) is 18.6 Å². The third kappa shape index (κ3) is 3.40. The van der Waals surface area contributed by atoms with Crippen LogP contribution in [0.5, 0.6) is 5.75 Å². The van der Waals surface area contributed by atoms with Crippen LogP contribution < -0.4 is 15.0 Å². The molecule has 3 heterocycles. The Morgan fingerprint density at radius 2 is 1.92 bits per heavy atom. The van der Waals surface area contributed by atoms with Gasteiger partial charge in [-0.2, -0.15) is 0 Å². The van der Waals surface area contributed by atoms with Crippen molar-refractivity contribution in [1.29, 1.82) is 0 Å². The van der Waals surface area contributed by atoms with Gasteiger partial charge in [-0.1, -0.05) is 12.1 Å². The quantitative estimate of drug-likeness (QED) is 0.912. The lowest BCUT2D eigenvalue weighted by atomic mass is 9.95. The van der Waals surface area contributed by atoms with E-state index in [1.807, 2.05) is 29.2 Å². The number of amides is 1. The molecule has 3 fully saturated rings. The molecule has 0 aliphatic carbocycles. The summed E-state index contributed by atoms with van der Waals surface area (Å²) in [4.78, 5) is 17.6. The van der Waals surface area contributed by atoms with E-state index in [1.165, 1.54) is 32.4 Å². The van der Waals surface area contributed by atoms with E-state index in [-0.39, 0.29) is 11.9 Å². The van der Waals surface area contributed by atoms with Gasteiger partial charge in [0.1, 0.15) is 5.75 Å². The predicted octanol–water partition coefficient (Wildman–Crippen LogP) is 2.41. The van der Waals surface area contributed by atoms with Crippen LogP contribution in [0.25, 0.3) is 0 Å². The van der Waals surface area contributed by atoms with Crippen molar-refractivity contribution < 1.29 is 9.53 Å². The first-order chi connectivity index (χ1) is 12.3. The normalized spacial score (nSPS) is 30.4. The number of rotatable bonds is 4. The van der Waals surface area contributed by atoms with Gasteiger partial charge < -0.3 is 19.9 Å². The number of ether oxygens (including phenoxy) is 1. The van der Waals surface area contributed by atoms with Gasteiger partial charge in [0.25, 0.3) is 0 Å². The number of piperidine rings is 2. The van der Waals surface area contributed by atoms with E-state index < -0.39 is 0 Å². The number of carbonyl (C=O) groups excluding carboxylic acids is 1. The summed E-state index contributed by atoms with van der Waals surface area (Å²) in [5.74, 6) is 0.973. The molecule has 25 heavy (non-hydrogen) atoms. The molecule has 0 aromatic heterocycles. The molecule has 0 spiro atoms. The smallest absolute Gasteiger partial charge is 0.244 e. The van der Waals surface area contributed by atoms with Crippen molar-refractivity contribution in [3.05, 3.63) is 24.3 Å². The fourth-order valence-corrected chi connectivity index (χ4v) is 4.78. The second-order valence-electron chi connectivity index (χ2n) is 7.58. The maximum atomic E-state index is 13.1. The molecule has 0 unspecified atom stereocenters. The minimum atomic E-state index is -0.0587. The van der Waals surface area contributed by atoms with Crippen LogP contribution in [-0.4, -0.2) is 55.7 Å². The Kier molecular flexibility index (Phi) is 4.95. The molecule has 5 heteroatoms. The van der Waals surface area contributed by atoms with Crippen LogP contribution in [0.4, 0.5) is 5.69 Å². The molecule has 136 valence electrons. The van der Waals surface area contributed by atoms with Gasteiger partial charge in [-0.05, 0) is 63.7 Å². The number of anilines is 1. The summed E-state index contributed by atoms with van der Waals surface area (Å²) in [6, 6.07) is 8.98. The number of para-hydroxylation sites is 2. The largest absolute Gasteiger partial charge is 0.495 e. The van der Waals surface area contributed by atoms with Crippen molar-refractivity contribution in [1.82, 2.24) is 10.2 Å². The topological polar surface area (TPSA) is 44.8 Å². The van der Waals surface area contributed by atoms with E-state index in [0.717, 1.165) is 43.3 Å². The Hall–Kier alpha value is -1.59. The Morgan fingerprint density at radius 1 is 1.08 bits per heavy atom. The first-order valence-corrected chi connectivity index (χ1v) is 9.71. The third-order valence-electron chi connectivity index (χ3n) is 6.07. The molecule has 5 nitrogen and oxygen atoms in total. The number of nitrogens with zero attached hydrogens (tertiary/aromatic N) is 2. The summed E-state index contributed by atoms with van der Waals surface area (Å²) in [5, 5.41) is 3.70. The van der Waals surface area contributed by atoms with Crippen LogP contribution in [0.2, 0.25) is 0 Å². The van der Waals surface area contributed by atoms with E-state index in [2.05, 4.69) is 10.2 Å². The molecule has 3 aliphatic rings. The van der Waals surface area contributed by atoms with Crippen LogP contribution in [0.3, 0.4) is 0 Å². The fraction of sp³-hybridized carbons (Fsp3) is 0.650. The first kappa shape index (κ1) is 16.9. The number of carbonyl (C=O) groups is 1. The Morgan fingerprint density at radius 3 is 2.80 bits per heavy atom. The predicted molar refractivity (Wildman–Crippen MR) is 99.1 cm³/mol. The van der Waals surface area contributed by atoms with Gasteiger partial charge in [0.2, 0.25) is 5.91 Å². The number of benzene rings is 1. The van der Waals surface area contributed by atoms with Crippen molar-refractivity contribution in [3.8, 4) is 5.75 Å². The molecular weight excluding hydrogens is 314 g/mol. The number of hydrogen-bond acceptors (Lipinski definition) is 4. The van der Waals surface area contributed by atoms with Crippen molar-refractivity contribution in [2.75, 3.05) is 31.6 Å². The standard InChI is InChI=1S/C20H29N3O2/c1-25-19-9-3-2-8-18(19)23-12-5-7-17(20(23)24)21-15-10-13-22-11-4-6-16(22)14-15/h2-3,8-9,15-17,21H,4-7,10-14H2,1H3/t15-,16+,17-/m0/s1. The van der Waals surface area contributed by atoms with Crippen LogP contribution in [0, 0.1) is 0 Å². The Balaban J connectivity index is 1.43. The molecule has 1 aromatic rings. The molecule has 3 atom stereocenters. The van der Waals surface area contributed by atoms with Crippen LogP contribution >= 0.6 is 0 Å². The minimum absolute atomic E-state index is 0.0587. The van der Waals surface area contributed by atoms with Gasteiger partial charge in [0.15, 0.2) is 0 Å². The summed E-state index contributed by atoms with van der Waals surface area (Å²) < 4.78 is 5.46. The third-order valence-corrected chi connectivity index (χ3v) is 6.07. The lowest BCUT2D eigenvalue weighted by Gasteiger charge is -2.39. The zero-order chi connectivity index (χ0) is 17.2. The van der Waals surface area contributed by atoms with Gasteiger partial charge in [-0.3, -0.25) is 4.79 Å². The molecule has 1 amide bonds.